The van der Waals surface area contributed by atoms with Crippen molar-refractivity contribution in [2.75, 3.05) is 6.54 Å². The second-order valence-corrected chi connectivity index (χ2v) is 5.07. The first kappa shape index (κ1) is 14.8. The lowest BCUT2D eigenvalue weighted by atomic mass is 10.2. The van der Waals surface area contributed by atoms with E-state index in [0.717, 1.165) is 25.2 Å². The second-order valence-electron chi connectivity index (χ2n) is 4.63. The van der Waals surface area contributed by atoms with Gasteiger partial charge >= 0.3 is 0 Å². The van der Waals surface area contributed by atoms with E-state index in [1.165, 1.54) is 5.56 Å². The van der Waals surface area contributed by atoms with Crippen molar-refractivity contribution < 1.29 is 4.74 Å². The highest BCUT2D eigenvalue weighted by atomic mass is 35.5. The summed E-state index contributed by atoms with van der Waals surface area (Å²) in [7, 11) is 0. The van der Waals surface area contributed by atoms with Crippen molar-refractivity contribution >= 4 is 11.6 Å². The van der Waals surface area contributed by atoms with Crippen LogP contribution in [0.2, 0.25) is 5.02 Å². The van der Waals surface area contributed by atoms with Crippen LogP contribution in [-0.4, -0.2) is 11.5 Å². The minimum atomic E-state index is 0.587. The standard InChI is InChI=1S/C16H19ClN2O/c1-3-9-18-11-13-7-8-16(19-12(13)2)20-15-6-4-5-14(17)10-15/h4-8,10,18H,3,9,11H2,1-2H3. The molecule has 0 aliphatic heterocycles. The third-order valence-corrected chi connectivity index (χ3v) is 3.17. The van der Waals surface area contributed by atoms with Crippen molar-refractivity contribution in [1.29, 1.82) is 0 Å². The molecule has 1 heterocycles. The Hall–Kier alpha value is -1.58. The number of benzene rings is 1. The van der Waals surface area contributed by atoms with Crippen LogP contribution in [0.3, 0.4) is 0 Å². The number of rotatable bonds is 6. The Kier molecular flexibility index (Phi) is 5.39. The molecule has 0 bridgehead atoms. The molecule has 1 aromatic carbocycles. The fourth-order valence-corrected chi connectivity index (χ4v) is 2.04. The lowest BCUT2D eigenvalue weighted by Crippen LogP contribution is -2.15. The molecule has 0 amide bonds. The molecule has 0 radical (unpaired) electrons. The van der Waals surface area contributed by atoms with E-state index in [0.29, 0.717) is 16.7 Å². The Bertz CT molecular complexity index is 572. The SMILES string of the molecule is CCCNCc1ccc(Oc2cccc(Cl)c2)nc1C. The molecule has 20 heavy (non-hydrogen) atoms. The van der Waals surface area contributed by atoms with Gasteiger partial charge in [0.2, 0.25) is 5.88 Å². The second kappa shape index (κ2) is 7.27. The molecule has 4 heteroatoms. The van der Waals surface area contributed by atoms with Crippen molar-refractivity contribution in [3.63, 3.8) is 0 Å². The normalized spacial score (nSPS) is 10.6. The summed E-state index contributed by atoms with van der Waals surface area (Å²) in [5.41, 5.74) is 2.17. The summed E-state index contributed by atoms with van der Waals surface area (Å²) in [6.07, 6.45) is 1.13. The zero-order valence-electron chi connectivity index (χ0n) is 11.8. The van der Waals surface area contributed by atoms with Crippen LogP contribution in [0.25, 0.3) is 0 Å². The van der Waals surface area contributed by atoms with Crippen LogP contribution in [0.1, 0.15) is 24.6 Å². The number of ether oxygens (including phenoxy) is 1. The van der Waals surface area contributed by atoms with Crippen LogP contribution >= 0.6 is 11.6 Å². The topological polar surface area (TPSA) is 34.1 Å². The smallest absolute Gasteiger partial charge is 0.219 e. The zero-order chi connectivity index (χ0) is 14.4. The van der Waals surface area contributed by atoms with Crippen LogP contribution < -0.4 is 10.1 Å². The summed E-state index contributed by atoms with van der Waals surface area (Å²) >= 11 is 5.93. The van der Waals surface area contributed by atoms with E-state index >= 15 is 0 Å². The van der Waals surface area contributed by atoms with Crippen molar-refractivity contribution in [3.8, 4) is 11.6 Å². The summed E-state index contributed by atoms with van der Waals surface area (Å²) in [5.74, 6) is 1.28. The van der Waals surface area contributed by atoms with E-state index in [1.807, 2.05) is 37.3 Å². The van der Waals surface area contributed by atoms with Crippen LogP contribution in [0.5, 0.6) is 11.6 Å². The lowest BCUT2D eigenvalue weighted by molar-refractivity contribution is 0.461. The van der Waals surface area contributed by atoms with Gasteiger partial charge in [0.05, 0.1) is 0 Å². The monoisotopic (exact) mass is 290 g/mol. The molecule has 0 spiro atoms. The molecule has 0 saturated carbocycles. The minimum Gasteiger partial charge on any atom is -0.439 e. The first-order valence-electron chi connectivity index (χ1n) is 6.79. The van der Waals surface area contributed by atoms with Crippen molar-refractivity contribution in [2.24, 2.45) is 0 Å². The van der Waals surface area contributed by atoms with Crippen molar-refractivity contribution in [3.05, 3.63) is 52.7 Å². The largest absolute Gasteiger partial charge is 0.439 e. The summed E-state index contributed by atoms with van der Waals surface area (Å²) in [6.45, 7) is 6.00. The molecule has 0 aliphatic carbocycles. The van der Waals surface area contributed by atoms with Crippen molar-refractivity contribution in [1.82, 2.24) is 10.3 Å². The Labute approximate surface area is 124 Å². The maximum Gasteiger partial charge on any atom is 0.219 e. The molecule has 1 aromatic heterocycles. The third-order valence-electron chi connectivity index (χ3n) is 2.93. The van der Waals surface area contributed by atoms with Gasteiger partial charge in [0.15, 0.2) is 0 Å². The van der Waals surface area contributed by atoms with Gasteiger partial charge in [-0.05, 0) is 43.7 Å². The molecule has 2 rings (SSSR count). The van der Waals surface area contributed by atoms with Crippen LogP contribution in [0, 0.1) is 6.92 Å². The van der Waals surface area contributed by atoms with E-state index in [9.17, 15) is 0 Å². The Balaban J connectivity index is 2.05. The average Bonchev–Trinajstić information content (AvgIpc) is 2.41. The molecule has 0 atom stereocenters. The van der Waals surface area contributed by atoms with Gasteiger partial charge in [-0.15, -0.1) is 0 Å². The molecule has 0 aliphatic rings. The quantitative estimate of drug-likeness (QED) is 0.804. The first-order valence-corrected chi connectivity index (χ1v) is 7.17. The summed E-state index contributed by atoms with van der Waals surface area (Å²) in [4.78, 5) is 4.47. The Morgan fingerprint density at radius 2 is 2.10 bits per heavy atom. The number of aromatic nitrogens is 1. The number of aryl methyl sites for hydroxylation is 1. The predicted octanol–water partition coefficient (Wildman–Crippen LogP) is 4.34. The Morgan fingerprint density at radius 1 is 1.25 bits per heavy atom. The highest BCUT2D eigenvalue weighted by Crippen LogP contribution is 2.23. The van der Waals surface area contributed by atoms with Crippen LogP contribution in [-0.2, 0) is 6.54 Å². The highest BCUT2D eigenvalue weighted by Gasteiger charge is 2.04. The maximum atomic E-state index is 5.93. The van der Waals surface area contributed by atoms with Gasteiger partial charge in [0.1, 0.15) is 5.75 Å². The van der Waals surface area contributed by atoms with Crippen LogP contribution in [0.4, 0.5) is 0 Å². The first-order chi connectivity index (χ1) is 9.69. The van der Waals surface area contributed by atoms with Gasteiger partial charge in [-0.2, -0.15) is 0 Å². The number of hydrogen-bond acceptors (Lipinski definition) is 3. The minimum absolute atomic E-state index is 0.587. The molecule has 3 nitrogen and oxygen atoms in total. The van der Waals surface area contributed by atoms with E-state index in [-0.39, 0.29) is 0 Å². The molecule has 2 aromatic rings. The molecule has 1 N–H and O–H groups in total. The number of nitrogens with zero attached hydrogens (tertiary/aromatic N) is 1. The molecule has 0 unspecified atom stereocenters. The van der Waals surface area contributed by atoms with Gasteiger partial charge in [-0.25, -0.2) is 4.98 Å². The number of halogens is 1. The van der Waals surface area contributed by atoms with E-state index < -0.39 is 0 Å². The van der Waals surface area contributed by atoms with Gasteiger partial charge in [-0.3, -0.25) is 0 Å². The lowest BCUT2D eigenvalue weighted by Gasteiger charge is -2.09. The zero-order valence-corrected chi connectivity index (χ0v) is 12.6. The molecule has 0 fully saturated rings. The number of nitrogens with one attached hydrogen (secondary N) is 1. The third kappa shape index (κ3) is 4.22. The van der Waals surface area contributed by atoms with E-state index in [4.69, 9.17) is 16.3 Å². The average molecular weight is 291 g/mol. The van der Waals surface area contributed by atoms with Crippen LogP contribution in [0.15, 0.2) is 36.4 Å². The van der Waals surface area contributed by atoms with Gasteiger partial charge in [-0.1, -0.05) is 30.7 Å². The Morgan fingerprint density at radius 3 is 2.80 bits per heavy atom. The predicted molar refractivity (Wildman–Crippen MR) is 82.5 cm³/mol. The number of pyridine rings is 1. The maximum absolute atomic E-state index is 5.93. The van der Waals surface area contributed by atoms with Gasteiger partial charge in [0, 0.05) is 23.3 Å². The van der Waals surface area contributed by atoms with Gasteiger partial charge in [0.25, 0.3) is 0 Å². The summed E-state index contributed by atoms with van der Waals surface area (Å²) in [5, 5.41) is 4.02. The van der Waals surface area contributed by atoms with Crippen molar-refractivity contribution in [2.45, 2.75) is 26.8 Å². The van der Waals surface area contributed by atoms with Gasteiger partial charge < -0.3 is 10.1 Å². The molecule has 106 valence electrons. The fraction of sp³-hybridized carbons (Fsp3) is 0.312. The molecule has 0 saturated heterocycles. The number of hydrogen-bond donors (Lipinski definition) is 1. The summed E-state index contributed by atoms with van der Waals surface area (Å²) < 4.78 is 5.70. The highest BCUT2D eigenvalue weighted by molar-refractivity contribution is 6.30. The van der Waals surface area contributed by atoms with E-state index in [2.05, 4.69) is 17.2 Å². The van der Waals surface area contributed by atoms with E-state index in [1.54, 1.807) is 6.07 Å². The summed E-state index contributed by atoms with van der Waals surface area (Å²) in [6, 6.07) is 11.2. The molecular weight excluding hydrogens is 272 g/mol. The fourth-order valence-electron chi connectivity index (χ4n) is 1.86. The molecular formula is C16H19ClN2O.